The molecule has 0 radical (unpaired) electrons. The van der Waals surface area contributed by atoms with Gasteiger partial charge in [0, 0.05) is 0 Å². The van der Waals surface area contributed by atoms with Crippen molar-refractivity contribution < 1.29 is 19.4 Å². The van der Waals surface area contributed by atoms with Crippen molar-refractivity contribution in [2.75, 3.05) is 13.2 Å². The minimum absolute atomic E-state index is 0.113. The molecule has 0 aromatic rings. The number of hydrogen-bond acceptors (Lipinski definition) is 5. The van der Waals surface area contributed by atoms with Gasteiger partial charge in [-0.2, -0.15) is 0 Å². The molecule has 0 saturated heterocycles. The van der Waals surface area contributed by atoms with Crippen molar-refractivity contribution in [3.63, 3.8) is 0 Å². The minimum Gasteiger partial charge on any atom is -0.479 e. The molecule has 7 N–H and O–H groups in total. The monoisotopic (exact) mass is 246 g/mol. The Morgan fingerprint density at radius 1 is 1.53 bits per heavy atom. The van der Waals surface area contributed by atoms with E-state index >= 15 is 0 Å². The van der Waals surface area contributed by atoms with Gasteiger partial charge < -0.3 is 26.6 Å². The number of aliphatic carboxylic acids is 1. The van der Waals surface area contributed by atoms with E-state index < -0.39 is 30.0 Å². The van der Waals surface area contributed by atoms with E-state index in [-0.39, 0.29) is 6.61 Å². The quantitative estimate of drug-likeness (QED) is 0.122. The number of nitrogens with one attached hydrogen (secondary N) is 2. The number of nitrogens with two attached hydrogens (primary N) is 2. The second-order valence-corrected chi connectivity index (χ2v) is 3.53. The second-order valence-electron chi connectivity index (χ2n) is 3.53. The maximum atomic E-state index is 11.5. The van der Waals surface area contributed by atoms with Crippen LogP contribution in [0.25, 0.3) is 0 Å². The molecule has 0 aliphatic rings. The van der Waals surface area contributed by atoms with E-state index in [4.69, 9.17) is 26.7 Å². The van der Waals surface area contributed by atoms with Gasteiger partial charge in [-0.25, -0.2) is 9.59 Å². The van der Waals surface area contributed by atoms with Crippen LogP contribution in [0, 0.1) is 5.41 Å². The fraction of sp³-hybridized carbons (Fsp3) is 0.667. The van der Waals surface area contributed by atoms with Crippen molar-refractivity contribution in [3.05, 3.63) is 0 Å². The number of guanidine groups is 1. The van der Waals surface area contributed by atoms with E-state index in [2.05, 4.69) is 5.32 Å². The number of hydrogen-bond donors (Lipinski definition) is 5. The molecule has 0 spiro atoms. The maximum Gasteiger partial charge on any atom is 0.339 e. The van der Waals surface area contributed by atoms with Gasteiger partial charge in [0.15, 0.2) is 5.96 Å². The summed E-state index contributed by atoms with van der Waals surface area (Å²) in [5.41, 5.74) is 8.18. The normalized spacial score (nSPS) is 13.5. The van der Waals surface area contributed by atoms with E-state index in [1.54, 1.807) is 0 Å². The van der Waals surface area contributed by atoms with Gasteiger partial charge in [-0.3, -0.25) is 5.41 Å². The zero-order valence-electron chi connectivity index (χ0n) is 9.66. The molecular weight excluding hydrogens is 228 g/mol. The number of carboxylic acids is 1. The molecule has 0 amide bonds. The average Bonchev–Trinajstić information content (AvgIpc) is 2.25. The van der Waals surface area contributed by atoms with Crippen molar-refractivity contribution >= 4 is 17.9 Å². The van der Waals surface area contributed by atoms with Crippen molar-refractivity contribution in [1.29, 1.82) is 5.41 Å². The fourth-order valence-corrected chi connectivity index (χ4v) is 0.908. The Bertz CT molecular complexity index is 307. The molecule has 0 heterocycles. The topological polar surface area (TPSA) is 152 Å². The summed E-state index contributed by atoms with van der Waals surface area (Å²) in [6, 6.07) is 0. The molecule has 0 aromatic carbocycles. The Labute approximate surface area is 98.8 Å². The van der Waals surface area contributed by atoms with Crippen LogP contribution in [0.2, 0.25) is 0 Å². The van der Waals surface area contributed by atoms with Crippen LogP contribution in [0.4, 0.5) is 0 Å². The lowest BCUT2D eigenvalue weighted by molar-refractivity contribution is -0.160. The predicted molar refractivity (Wildman–Crippen MR) is 60.3 cm³/mol. The Kier molecular flexibility index (Phi) is 5.97. The predicted octanol–water partition coefficient (Wildman–Crippen LogP) is -1.41. The van der Waals surface area contributed by atoms with Crippen LogP contribution >= 0.6 is 0 Å². The first kappa shape index (κ1) is 15.2. The first-order chi connectivity index (χ1) is 7.84. The van der Waals surface area contributed by atoms with Gasteiger partial charge in [-0.15, -0.1) is 0 Å². The van der Waals surface area contributed by atoms with Crippen LogP contribution in [0.15, 0.2) is 0 Å². The highest BCUT2D eigenvalue weighted by Crippen LogP contribution is 2.04. The molecule has 8 heteroatoms. The van der Waals surface area contributed by atoms with Crippen LogP contribution in [0.1, 0.15) is 19.8 Å². The number of carbonyl (C=O) groups excluding carboxylic acids is 1. The lowest BCUT2D eigenvalue weighted by Gasteiger charge is -2.22. The molecule has 1 unspecified atom stereocenters. The van der Waals surface area contributed by atoms with Gasteiger partial charge in [-0.1, -0.05) is 13.3 Å². The van der Waals surface area contributed by atoms with Gasteiger partial charge in [0.05, 0.1) is 13.2 Å². The molecule has 8 nitrogen and oxygen atoms in total. The summed E-state index contributed by atoms with van der Waals surface area (Å²) < 4.78 is 4.75. The van der Waals surface area contributed by atoms with Crippen LogP contribution in [0.3, 0.4) is 0 Å². The zero-order chi connectivity index (χ0) is 13.5. The maximum absolute atomic E-state index is 11.5. The Balaban J connectivity index is 4.52. The van der Waals surface area contributed by atoms with Crippen LogP contribution in [-0.4, -0.2) is 41.7 Å². The average molecular weight is 246 g/mol. The molecule has 0 aliphatic carbocycles. The number of rotatable bonds is 7. The van der Waals surface area contributed by atoms with E-state index in [1.165, 1.54) is 0 Å². The molecule has 17 heavy (non-hydrogen) atoms. The second kappa shape index (κ2) is 6.69. The number of unbranched alkanes of at least 4 members (excludes halogenated alkanes) is 1. The molecule has 0 saturated carbocycles. The summed E-state index contributed by atoms with van der Waals surface area (Å²) >= 11 is 0. The lowest BCUT2D eigenvalue weighted by atomic mass is 10.0. The Hall–Kier alpha value is -1.83. The molecule has 98 valence electrons. The molecule has 0 fully saturated rings. The lowest BCUT2D eigenvalue weighted by Crippen LogP contribution is -2.62. The minimum atomic E-state index is -2.24. The van der Waals surface area contributed by atoms with Crippen LogP contribution < -0.4 is 16.8 Å². The summed E-state index contributed by atoms with van der Waals surface area (Å²) in [5, 5.41) is 18.0. The summed E-state index contributed by atoms with van der Waals surface area (Å²) in [6.45, 7) is 1.52. The highest BCUT2D eigenvalue weighted by atomic mass is 16.5. The van der Waals surface area contributed by atoms with Crippen molar-refractivity contribution in [2.45, 2.75) is 25.3 Å². The fourth-order valence-electron chi connectivity index (χ4n) is 0.908. The SMILES string of the molecule is CCCCOC(=O)C(N)(CNC(=N)N)C(=O)O. The van der Waals surface area contributed by atoms with Crippen molar-refractivity contribution in [3.8, 4) is 0 Å². The van der Waals surface area contributed by atoms with Gasteiger partial charge in [0.1, 0.15) is 0 Å². The zero-order valence-corrected chi connectivity index (χ0v) is 9.66. The summed E-state index contributed by atoms with van der Waals surface area (Å²) in [4.78, 5) is 22.4. The third-order valence-corrected chi connectivity index (χ3v) is 2.03. The first-order valence-electron chi connectivity index (χ1n) is 5.12. The van der Waals surface area contributed by atoms with Crippen molar-refractivity contribution in [1.82, 2.24) is 5.32 Å². The molecular formula is C9H18N4O4. The molecule has 0 aromatic heterocycles. The van der Waals surface area contributed by atoms with E-state index in [0.29, 0.717) is 6.42 Å². The van der Waals surface area contributed by atoms with Crippen LogP contribution in [-0.2, 0) is 14.3 Å². The van der Waals surface area contributed by atoms with Gasteiger partial charge in [-0.05, 0) is 6.42 Å². The number of esters is 1. The van der Waals surface area contributed by atoms with Gasteiger partial charge in [0.25, 0.3) is 0 Å². The Morgan fingerprint density at radius 3 is 2.53 bits per heavy atom. The standard InChI is InChI=1S/C9H18N4O4/c1-2-3-4-17-7(16)9(12,6(14)15)5-13-8(10)11/h2-5,12H2,1H3,(H,14,15)(H4,10,11,13). The largest absolute Gasteiger partial charge is 0.479 e. The highest BCUT2D eigenvalue weighted by molar-refractivity contribution is 6.04. The third kappa shape index (κ3) is 4.68. The van der Waals surface area contributed by atoms with Gasteiger partial charge >= 0.3 is 11.9 Å². The van der Waals surface area contributed by atoms with E-state index in [0.717, 1.165) is 6.42 Å². The summed E-state index contributed by atoms with van der Waals surface area (Å²) in [7, 11) is 0. The Morgan fingerprint density at radius 2 is 2.12 bits per heavy atom. The number of carboxylic acid groups (broad SMARTS) is 1. The summed E-state index contributed by atoms with van der Waals surface area (Å²) in [6.07, 6.45) is 1.44. The molecule has 0 aliphatic heterocycles. The highest BCUT2D eigenvalue weighted by Gasteiger charge is 2.44. The first-order valence-corrected chi connectivity index (χ1v) is 5.12. The van der Waals surface area contributed by atoms with E-state index in [9.17, 15) is 9.59 Å². The van der Waals surface area contributed by atoms with E-state index in [1.807, 2.05) is 6.92 Å². The smallest absolute Gasteiger partial charge is 0.339 e. The molecule has 0 bridgehead atoms. The number of carbonyl (C=O) groups is 2. The summed E-state index contributed by atoms with van der Waals surface area (Å²) in [5.74, 6) is -3.05. The van der Waals surface area contributed by atoms with Crippen molar-refractivity contribution in [2.24, 2.45) is 11.5 Å². The third-order valence-electron chi connectivity index (χ3n) is 2.03. The molecule has 1 atom stereocenters. The molecule has 0 rings (SSSR count). The van der Waals surface area contributed by atoms with Crippen LogP contribution in [0.5, 0.6) is 0 Å². The number of ether oxygens (including phenoxy) is 1. The van der Waals surface area contributed by atoms with Gasteiger partial charge in [0.2, 0.25) is 5.54 Å².